The molecule has 2 aromatic rings. The Labute approximate surface area is 83.8 Å². The smallest absolute Gasteiger partial charge is 0.121 e. The minimum absolute atomic E-state index is 0.704. The van der Waals surface area contributed by atoms with E-state index in [0.29, 0.717) is 6.61 Å². The zero-order valence-electron chi connectivity index (χ0n) is 8.18. The number of rotatable bonds is 3. The molecular weight excluding hydrogens is 174 g/mol. The van der Waals surface area contributed by atoms with Crippen LogP contribution in [0.25, 0.3) is 5.69 Å². The van der Waals surface area contributed by atoms with Crippen LogP contribution in [0.15, 0.2) is 48.8 Å². The van der Waals surface area contributed by atoms with E-state index in [2.05, 4.69) is 10.6 Å². The molecule has 1 aromatic heterocycles. The molecule has 0 radical (unpaired) electrons. The Bertz CT molecular complexity index is 392. The van der Waals surface area contributed by atoms with Gasteiger partial charge in [-0.15, -0.1) is 0 Å². The third-order valence-corrected chi connectivity index (χ3v) is 2.03. The van der Waals surface area contributed by atoms with Crippen LogP contribution >= 0.6 is 0 Å². The molecule has 0 aliphatic carbocycles. The second kappa shape index (κ2) is 4.01. The second-order valence-electron chi connectivity index (χ2n) is 3.02. The summed E-state index contributed by atoms with van der Waals surface area (Å²) in [5.41, 5.74) is 1.13. The lowest BCUT2D eigenvalue weighted by Gasteiger charge is -2.06. The minimum Gasteiger partial charge on any atom is -0.494 e. The minimum atomic E-state index is 0.704. The van der Waals surface area contributed by atoms with Crippen LogP contribution in [0.2, 0.25) is 0 Å². The second-order valence-corrected chi connectivity index (χ2v) is 3.02. The molecule has 0 unspecified atom stereocenters. The molecule has 2 rings (SSSR count). The Morgan fingerprint density at radius 3 is 2.64 bits per heavy atom. The Balaban J connectivity index is 2.31. The van der Waals surface area contributed by atoms with Crippen LogP contribution < -0.4 is 4.74 Å². The Kier molecular flexibility index (Phi) is 2.54. The lowest BCUT2D eigenvalue weighted by Crippen LogP contribution is -1.94. The summed E-state index contributed by atoms with van der Waals surface area (Å²) >= 11 is 0. The van der Waals surface area contributed by atoms with E-state index in [1.54, 1.807) is 0 Å². The summed E-state index contributed by atoms with van der Waals surface area (Å²) in [6, 6.07) is 12.1. The van der Waals surface area contributed by atoms with Gasteiger partial charge in [-0.3, -0.25) is 0 Å². The molecule has 0 saturated carbocycles. The van der Waals surface area contributed by atoms with E-state index in [4.69, 9.17) is 4.74 Å². The van der Waals surface area contributed by atoms with Crippen LogP contribution in [-0.2, 0) is 0 Å². The molecule has 1 heterocycles. The predicted molar refractivity (Wildman–Crippen MR) is 56.9 cm³/mol. The molecule has 72 valence electrons. The highest BCUT2D eigenvalue weighted by molar-refractivity contribution is 5.39. The predicted octanol–water partition coefficient (Wildman–Crippen LogP) is 2.88. The summed E-state index contributed by atoms with van der Waals surface area (Å²) in [6.45, 7) is 2.69. The summed E-state index contributed by atoms with van der Waals surface area (Å²) in [4.78, 5) is 0. The fourth-order valence-electron chi connectivity index (χ4n) is 1.41. The van der Waals surface area contributed by atoms with E-state index < -0.39 is 0 Å². The zero-order valence-corrected chi connectivity index (χ0v) is 8.18. The van der Waals surface area contributed by atoms with Crippen molar-refractivity contribution in [1.29, 1.82) is 0 Å². The van der Waals surface area contributed by atoms with Crippen LogP contribution in [0.4, 0.5) is 0 Å². The molecule has 0 fully saturated rings. The van der Waals surface area contributed by atoms with E-state index in [0.717, 1.165) is 11.4 Å². The van der Waals surface area contributed by atoms with Crippen molar-refractivity contribution in [2.45, 2.75) is 6.92 Å². The standard InChI is InChI=1S/C12H13NO/c1-2-14-12-7-5-6-11(10-12)13-8-3-4-9-13/h3-10H,2H2,1H3. The van der Waals surface area contributed by atoms with Crippen molar-refractivity contribution in [2.75, 3.05) is 6.61 Å². The lowest BCUT2D eigenvalue weighted by molar-refractivity contribution is 0.340. The molecule has 2 heteroatoms. The van der Waals surface area contributed by atoms with Gasteiger partial charge < -0.3 is 9.30 Å². The van der Waals surface area contributed by atoms with Crippen molar-refractivity contribution in [3.63, 3.8) is 0 Å². The van der Waals surface area contributed by atoms with Crippen LogP contribution in [0.3, 0.4) is 0 Å². The van der Waals surface area contributed by atoms with Gasteiger partial charge in [0.15, 0.2) is 0 Å². The van der Waals surface area contributed by atoms with E-state index in [1.165, 1.54) is 0 Å². The largest absolute Gasteiger partial charge is 0.494 e. The Hall–Kier alpha value is -1.70. The maximum atomic E-state index is 5.43. The molecule has 0 aliphatic heterocycles. The number of nitrogens with zero attached hydrogens (tertiary/aromatic N) is 1. The molecular formula is C12H13NO. The highest BCUT2D eigenvalue weighted by Crippen LogP contribution is 2.16. The molecule has 0 bridgehead atoms. The van der Waals surface area contributed by atoms with Crippen molar-refractivity contribution in [3.05, 3.63) is 48.8 Å². The zero-order chi connectivity index (χ0) is 9.80. The van der Waals surface area contributed by atoms with Gasteiger partial charge in [0.1, 0.15) is 5.75 Å². The molecule has 2 nitrogen and oxygen atoms in total. The molecule has 14 heavy (non-hydrogen) atoms. The lowest BCUT2D eigenvalue weighted by atomic mass is 10.3. The van der Waals surface area contributed by atoms with Crippen LogP contribution in [0.5, 0.6) is 5.75 Å². The average Bonchev–Trinajstić information content (AvgIpc) is 2.71. The summed E-state index contributed by atoms with van der Waals surface area (Å²) in [5, 5.41) is 0. The number of benzene rings is 1. The monoisotopic (exact) mass is 187 g/mol. The van der Waals surface area contributed by atoms with E-state index in [-0.39, 0.29) is 0 Å². The summed E-state index contributed by atoms with van der Waals surface area (Å²) in [7, 11) is 0. The fraction of sp³-hybridized carbons (Fsp3) is 0.167. The maximum Gasteiger partial charge on any atom is 0.121 e. The van der Waals surface area contributed by atoms with Crippen molar-refractivity contribution in [2.24, 2.45) is 0 Å². The molecule has 0 aliphatic rings. The van der Waals surface area contributed by atoms with Crippen molar-refractivity contribution in [3.8, 4) is 11.4 Å². The quantitative estimate of drug-likeness (QED) is 0.720. The molecule has 0 amide bonds. The number of hydrogen-bond acceptors (Lipinski definition) is 1. The van der Waals surface area contributed by atoms with Gasteiger partial charge >= 0.3 is 0 Å². The van der Waals surface area contributed by atoms with Crippen LogP contribution in [0, 0.1) is 0 Å². The summed E-state index contributed by atoms with van der Waals surface area (Å²) in [6.07, 6.45) is 4.04. The first-order valence-corrected chi connectivity index (χ1v) is 4.76. The number of hydrogen-bond donors (Lipinski definition) is 0. The van der Waals surface area contributed by atoms with Gasteiger partial charge in [0.2, 0.25) is 0 Å². The highest BCUT2D eigenvalue weighted by atomic mass is 16.5. The molecule has 0 N–H and O–H groups in total. The van der Waals surface area contributed by atoms with E-state index in [1.807, 2.05) is 49.6 Å². The van der Waals surface area contributed by atoms with Gasteiger partial charge in [0.05, 0.1) is 6.61 Å². The summed E-state index contributed by atoms with van der Waals surface area (Å²) in [5.74, 6) is 0.915. The summed E-state index contributed by atoms with van der Waals surface area (Å²) < 4.78 is 7.49. The van der Waals surface area contributed by atoms with Crippen molar-refractivity contribution >= 4 is 0 Å². The highest BCUT2D eigenvalue weighted by Gasteiger charge is 1.96. The Morgan fingerprint density at radius 1 is 1.14 bits per heavy atom. The molecule has 1 aromatic carbocycles. The fourth-order valence-corrected chi connectivity index (χ4v) is 1.41. The van der Waals surface area contributed by atoms with E-state index in [9.17, 15) is 0 Å². The van der Waals surface area contributed by atoms with Gasteiger partial charge in [0, 0.05) is 24.1 Å². The first-order valence-electron chi connectivity index (χ1n) is 4.76. The van der Waals surface area contributed by atoms with Crippen molar-refractivity contribution < 1.29 is 4.74 Å². The van der Waals surface area contributed by atoms with Crippen molar-refractivity contribution in [1.82, 2.24) is 4.57 Å². The van der Waals surface area contributed by atoms with Gasteiger partial charge in [-0.05, 0) is 31.2 Å². The Morgan fingerprint density at radius 2 is 1.93 bits per heavy atom. The number of aromatic nitrogens is 1. The van der Waals surface area contributed by atoms with Gasteiger partial charge in [-0.2, -0.15) is 0 Å². The molecule has 0 atom stereocenters. The van der Waals surface area contributed by atoms with Crippen LogP contribution in [0.1, 0.15) is 6.92 Å². The normalized spacial score (nSPS) is 10.1. The first-order chi connectivity index (χ1) is 6.90. The topological polar surface area (TPSA) is 14.2 Å². The van der Waals surface area contributed by atoms with Gasteiger partial charge in [-0.1, -0.05) is 6.07 Å². The van der Waals surface area contributed by atoms with E-state index >= 15 is 0 Å². The third kappa shape index (κ3) is 1.79. The van der Waals surface area contributed by atoms with Gasteiger partial charge in [-0.25, -0.2) is 0 Å². The number of ether oxygens (including phenoxy) is 1. The SMILES string of the molecule is CCOc1cccc(-n2cccc2)c1. The van der Waals surface area contributed by atoms with Gasteiger partial charge in [0.25, 0.3) is 0 Å². The third-order valence-electron chi connectivity index (χ3n) is 2.03. The van der Waals surface area contributed by atoms with Crippen LogP contribution in [-0.4, -0.2) is 11.2 Å². The maximum absolute atomic E-state index is 5.43. The molecule has 0 spiro atoms. The average molecular weight is 187 g/mol. The first kappa shape index (κ1) is 8.88. The molecule has 0 saturated heterocycles.